The highest BCUT2D eigenvalue weighted by Crippen LogP contribution is 2.39. The van der Waals surface area contributed by atoms with E-state index in [1.54, 1.807) is 22.3 Å². The zero-order chi connectivity index (χ0) is 18.8. The van der Waals surface area contributed by atoms with E-state index >= 15 is 0 Å². The lowest BCUT2D eigenvalue weighted by Gasteiger charge is -2.20. The molecule has 0 unspecified atom stereocenters. The van der Waals surface area contributed by atoms with Crippen LogP contribution in [0.25, 0.3) is 16.3 Å². The number of anilines is 1. The molecule has 3 heterocycles. The Hall–Kier alpha value is -2.42. The molecule has 0 saturated heterocycles. The fourth-order valence-electron chi connectivity index (χ4n) is 2.65. The van der Waals surface area contributed by atoms with E-state index in [-0.39, 0.29) is 12.7 Å². The van der Waals surface area contributed by atoms with Gasteiger partial charge in [0.25, 0.3) is 5.91 Å². The van der Waals surface area contributed by atoms with Crippen LogP contribution in [-0.2, 0) is 4.79 Å². The maximum atomic E-state index is 12.9. The Balaban J connectivity index is 1.63. The molecule has 0 fully saturated rings. The van der Waals surface area contributed by atoms with Crippen molar-refractivity contribution >= 4 is 50.0 Å². The van der Waals surface area contributed by atoms with Crippen molar-refractivity contribution in [3.05, 3.63) is 40.6 Å². The van der Waals surface area contributed by atoms with Crippen LogP contribution in [0.1, 0.15) is 4.88 Å². The van der Waals surface area contributed by atoms with Gasteiger partial charge in [-0.05, 0) is 31.6 Å². The number of hydrogen-bond acceptors (Lipinski definition) is 7. The molecule has 0 atom stereocenters. The Kier molecular flexibility index (Phi) is 5.11. The number of carbonyl (C=O) groups excluding carboxylic acids is 1. The number of likely N-dealkylation sites (N-methyl/N-ethyl adjacent to an activating group) is 1. The number of aromatic nitrogens is 1. The van der Waals surface area contributed by atoms with Crippen molar-refractivity contribution in [3.8, 4) is 11.5 Å². The molecule has 1 aliphatic heterocycles. The Morgan fingerprint density at radius 1 is 1.26 bits per heavy atom. The Morgan fingerprint density at radius 2 is 2.07 bits per heavy atom. The van der Waals surface area contributed by atoms with Gasteiger partial charge in [-0.1, -0.05) is 17.4 Å². The highest BCUT2D eigenvalue weighted by atomic mass is 32.1. The first kappa shape index (κ1) is 18.0. The molecule has 1 amide bonds. The van der Waals surface area contributed by atoms with Gasteiger partial charge in [-0.25, -0.2) is 4.98 Å². The summed E-state index contributed by atoms with van der Waals surface area (Å²) in [6.45, 7) is 1.55. The fourth-order valence-corrected chi connectivity index (χ4v) is 4.28. The molecular formula is C19H19N3O3S2. The number of nitrogens with zero attached hydrogens (tertiary/aromatic N) is 3. The molecule has 0 spiro atoms. The van der Waals surface area contributed by atoms with Crippen molar-refractivity contribution in [2.45, 2.75) is 0 Å². The zero-order valence-corrected chi connectivity index (χ0v) is 16.7. The Labute approximate surface area is 165 Å². The molecule has 0 radical (unpaired) electrons. The number of fused-ring (bicyclic) bond motifs is 2. The number of amides is 1. The number of thiophene rings is 1. The summed E-state index contributed by atoms with van der Waals surface area (Å²) in [5.41, 5.74) is 0.809. The number of ether oxygens (including phenoxy) is 2. The lowest BCUT2D eigenvalue weighted by atomic mass is 10.3. The van der Waals surface area contributed by atoms with E-state index < -0.39 is 0 Å². The van der Waals surface area contributed by atoms with Gasteiger partial charge in [-0.3, -0.25) is 9.69 Å². The monoisotopic (exact) mass is 401 g/mol. The van der Waals surface area contributed by atoms with Crippen molar-refractivity contribution in [1.82, 2.24) is 9.88 Å². The van der Waals surface area contributed by atoms with Crippen LogP contribution in [0.3, 0.4) is 0 Å². The van der Waals surface area contributed by atoms with E-state index in [1.165, 1.54) is 11.3 Å². The quantitative estimate of drug-likeness (QED) is 0.590. The van der Waals surface area contributed by atoms with E-state index in [9.17, 15) is 4.79 Å². The average Bonchev–Trinajstić information content (AvgIpc) is 3.37. The molecule has 27 heavy (non-hydrogen) atoms. The van der Waals surface area contributed by atoms with Gasteiger partial charge in [-0.2, -0.15) is 0 Å². The highest BCUT2D eigenvalue weighted by molar-refractivity contribution is 7.22. The molecule has 0 saturated carbocycles. The van der Waals surface area contributed by atoms with Crippen LogP contribution in [0, 0.1) is 0 Å². The van der Waals surface area contributed by atoms with Crippen molar-refractivity contribution in [2.75, 3.05) is 38.9 Å². The number of hydrogen-bond donors (Lipinski definition) is 0. The summed E-state index contributed by atoms with van der Waals surface area (Å²) in [5, 5.41) is 2.67. The third-order valence-corrected chi connectivity index (χ3v) is 5.95. The largest absolute Gasteiger partial charge is 0.454 e. The van der Waals surface area contributed by atoms with Crippen LogP contribution in [0.4, 0.5) is 5.13 Å². The molecule has 1 aliphatic rings. The zero-order valence-electron chi connectivity index (χ0n) is 15.0. The molecule has 0 bridgehead atoms. The van der Waals surface area contributed by atoms with Crippen LogP contribution >= 0.6 is 22.7 Å². The SMILES string of the molecule is CN(C)CCN(C(=O)C=Cc1cccs1)c1nc2cc3c(cc2s1)OCO3. The van der Waals surface area contributed by atoms with E-state index in [2.05, 4.69) is 4.98 Å². The Bertz CT molecular complexity index is 939. The van der Waals surface area contributed by atoms with Gasteiger partial charge in [0.05, 0.1) is 10.2 Å². The maximum absolute atomic E-state index is 12.9. The molecule has 2 aromatic heterocycles. The molecule has 1 aromatic carbocycles. The first-order chi connectivity index (χ1) is 13.1. The van der Waals surface area contributed by atoms with Crippen LogP contribution in [0.2, 0.25) is 0 Å². The second-order valence-corrected chi connectivity index (χ2v) is 8.30. The highest BCUT2D eigenvalue weighted by Gasteiger charge is 2.21. The predicted molar refractivity (Wildman–Crippen MR) is 110 cm³/mol. The van der Waals surface area contributed by atoms with Gasteiger partial charge in [0, 0.05) is 36.2 Å². The third kappa shape index (κ3) is 3.97. The van der Waals surface area contributed by atoms with E-state index in [0.29, 0.717) is 17.4 Å². The number of rotatable bonds is 6. The molecule has 140 valence electrons. The van der Waals surface area contributed by atoms with E-state index in [1.807, 2.05) is 54.7 Å². The van der Waals surface area contributed by atoms with Gasteiger partial charge in [0.15, 0.2) is 16.6 Å². The minimum atomic E-state index is -0.0793. The number of benzene rings is 1. The number of carbonyl (C=O) groups is 1. The van der Waals surface area contributed by atoms with Crippen LogP contribution < -0.4 is 14.4 Å². The summed E-state index contributed by atoms with van der Waals surface area (Å²) in [5.74, 6) is 1.34. The Morgan fingerprint density at radius 3 is 2.81 bits per heavy atom. The minimum Gasteiger partial charge on any atom is -0.454 e. The van der Waals surface area contributed by atoms with Crippen LogP contribution in [0.5, 0.6) is 11.5 Å². The normalized spacial score (nSPS) is 13.1. The first-order valence-corrected chi connectivity index (χ1v) is 10.2. The molecular weight excluding hydrogens is 382 g/mol. The summed E-state index contributed by atoms with van der Waals surface area (Å²) >= 11 is 3.08. The third-order valence-electron chi connectivity index (χ3n) is 4.07. The smallest absolute Gasteiger partial charge is 0.252 e. The lowest BCUT2D eigenvalue weighted by molar-refractivity contribution is -0.114. The maximum Gasteiger partial charge on any atom is 0.252 e. The van der Waals surface area contributed by atoms with Crippen LogP contribution in [-0.4, -0.2) is 49.8 Å². The topological polar surface area (TPSA) is 54.9 Å². The molecule has 0 aliphatic carbocycles. The van der Waals surface area contributed by atoms with Gasteiger partial charge >= 0.3 is 0 Å². The summed E-state index contributed by atoms with van der Waals surface area (Å²) in [6.07, 6.45) is 3.46. The molecule has 8 heteroatoms. The van der Waals surface area contributed by atoms with E-state index in [4.69, 9.17) is 9.47 Å². The number of thiazole rings is 1. The van der Waals surface area contributed by atoms with Gasteiger partial charge in [-0.15, -0.1) is 11.3 Å². The van der Waals surface area contributed by atoms with E-state index in [0.717, 1.165) is 27.4 Å². The fraction of sp³-hybridized carbons (Fsp3) is 0.263. The molecule has 0 N–H and O–H groups in total. The molecule has 6 nitrogen and oxygen atoms in total. The van der Waals surface area contributed by atoms with Crippen molar-refractivity contribution in [3.63, 3.8) is 0 Å². The first-order valence-electron chi connectivity index (χ1n) is 8.48. The van der Waals surface area contributed by atoms with Crippen molar-refractivity contribution in [1.29, 1.82) is 0 Å². The lowest BCUT2D eigenvalue weighted by Crippen LogP contribution is -2.35. The standard InChI is InChI=1S/C19H19N3O3S2/c1-21(2)7-8-22(18(23)6-5-13-4-3-9-26-13)19-20-14-10-15-16(25-12-24-15)11-17(14)27-19/h3-6,9-11H,7-8,12H2,1-2H3. The van der Waals surface area contributed by atoms with Crippen molar-refractivity contribution < 1.29 is 14.3 Å². The van der Waals surface area contributed by atoms with Gasteiger partial charge in [0.1, 0.15) is 0 Å². The van der Waals surface area contributed by atoms with Gasteiger partial charge < -0.3 is 14.4 Å². The molecule has 3 aromatic rings. The average molecular weight is 402 g/mol. The summed E-state index contributed by atoms with van der Waals surface area (Å²) < 4.78 is 11.8. The molecule has 4 rings (SSSR count). The second kappa shape index (κ2) is 7.67. The van der Waals surface area contributed by atoms with Gasteiger partial charge in [0.2, 0.25) is 6.79 Å². The summed E-state index contributed by atoms with van der Waals surface area (Å²) in [4.78, 5) is 22.4. The summed E-state index contributed by atoms with van der Waals surface area (Å²) in [6, 6.07) is 7.75. The van der Waals surface area contributed by atoms with Crippen LogP contribution in [0.15, 0.2) is 35.7 Å². The second-order valence-electron chi connectivity index (χ2n) is 6.31. The van der Waals surface area contributed by atoms with Crippen molar-refractivity contribution in [2.24, 2.45) is 0 Å². The summed E-state index contributed by atoms with van der Waals surface area (Å²) in [7, 11) is 3.98. The predicted octanol–water partition coefficient (Wildman–Crippen LogP) is 3.69. The minimum absolute atomic E-state index is 0.0793.